The van der Waals surface area contributed by atoms with Gasteiger partial charge in [0, 0.05) is 44.3 Å². The molecule has 0 saturated carbocycles. The van der Waals surface area contributed by atoms with Crippen molar-refractivity contribution in [2.24, 2.45) is 17.4 Å². The van der Waals surface area contributed by atoms with Crippen LogP contribution in [0.1, 0.15) is 139 Å². The van der Waals surface area contributed by atoms with Crippen LogP contribution in [0.3, 0.4) is 0 Å². The molecule has 1 heterocycles. The summed E-state index contributed by atoms with van der Waals surface area (Å²) >= 11 is 0. The van der Waals surface area contributed by atoms with Crippen molar-refractivity contribution < 1.29 is 81.3 Å². The largest absolute Gasteiger partial charge is 0.444 e. The van der Waals surface area contributed by atoms with Crippen LogP contribution in [-0.2, 0) is 97.4 Å². The Labute approximate surface area is 624 Å². The fourth-order valence-corrected chi connectivity index (χ4v) is 11.1. The van der Waals surface area contributed by atoms with E-state index in [0.717, 1.165) is 0 Å². The molecule has 5 aromatic rings. The van der Waals surface area contributed by atoms with Crippen molar-refractivity contribution in [2.75, 3.05) is 13.7 Å². The van der Waals surface area contributed by atoms with Gasteiger partial charge in [-0.3, -0.25) is 57.3 Å². The second kappa shape index (κ2) is 39.0. The maximum absolute atomic E-state index is 15.1. The summed E-state index contributed by atoms with van der Waals surface area (Å²) in [5, 5.41) is 26.7. The molecule has 4 aromatic carbocycles. The van der Waals surface area contributed by atoms with E-state index in [1.807, 2.05) is 0 Å². The first-order valence-electron chi connectivity index (χ1n) is 35.4. The van der Waals surface area contributed by atoms with Gasteiger partial charge in [-0.2, -0.15) is 0 Å². The van der Waals surface area contributed by atoms with Crippen LogP contribution in [0, 0.1) is 5.92 Å². The van der Waals surface area contributed by atoms with Crippen molar-refractivity contribution >= 4 is 88.1 Å². The predicted octanol–water partition coefficient (Wildman–Crippen LogP) is 3.64. The van der Waals surface area contributed by atoms with Crippen LogP contribution >= 0.6 is 0 Å². The number of rotatable bonds is 35. The average molecular weight is 1490 g/mol. The van der Waals surface area contributed by atoms with Crippen molar-refractivity contribution in [3.05, 3.63) is 144 Å². The van der Waals surface area contributed by atoms with Crippen molar-refractivity contribution in [3.8, 4) is 0 Å². The molecule has 5 rings (SSSR count). The van der Waals surface area contributed by atoms with Crippen LogP contribution in [-0.4, -0.2) is 178 Å². The Hall–Kier alpha value is -10.8. The van der Waals surface area contributed by atoms with Gasteiger partial charge < -0.3 is 83.6 Å². The molecular weight excluding hydrogens is 1380 g/mol. The SMILES string of the molecule is CNC(=O)C(Cc1cn(C(=O)OC(C)(C)C)c2ccccc12)NC(=O)[C@H](Cc1ccccc1)NC(=O)[C@H](COC(C)(C)C)NC(=O)[C@@H](NC(=O)[C@@H](NC(=O)[C@H](Cc1ccccc1)NC(=O)[C@H](CC(N)=O)NC(=O)[C@H](CC(N)=O)NC(=O)[C@H](Cc1ccccc1)NC(=O)OC(C)(C)C)[C@@H](C)OC(C)(C)C)C(C)C. The number of hydrogen-bond acceptors (Lipinski definition) is 17. The summed E-state index contributed by atoms with van der Waals surface area (Å²) in [6.07, 6.45) is -3.68. The first-order valence-corrected chi connectivity index (χ1v) is 35.4. The minimum atomic E-state index is -1.90. The molecule has 14 N–H and O–H groups in total. The number of amides is 12. The number of para-hydroxylation sites is 1. The predicted molar refractivity (Wildman–Crippen MR) is 399 cm³/mol. The van der Waals surface area contributed by atoms with Crippen LogP contribution in [0.2, 0.25) is 0 Å². The summed E-state index contributed by atoms with van der Waals surface area (Å²) in [4.78, 5) is 183. The van der Waals surface area contributed by atoms with Crippen LogP contribution < -0.4 is 64.6 Å². The third-order valence-corrected chi connectivity index (χ3v) is 16.0. The molecule has 0 aliphatic carbocycles. The van der Waals surface area contributed by atoms with Crippen LogP contribution in [0.15, 0.2) is 121 Å². The number of primary amides is 2. The monoisotopic (exact) mass is 1490 g/mol. The number of carbonyl (C=O) groups excluding carboxylic acids is 13. The van der Waals surface area contributed by atoms with Crippen LogP contribution in [0.4, 0.5) is 9.59 Å². The normalized spacial score (nSPS) is 14.6. The van der Waals surface area contributed by atoms with E-state index in [1.54, 1.807) is 218 Å². The number of carbonyl (C=O) groups is 13. The molecule has 0 fully saturated rings. The van der Waals surface area contributed by atoms with E-state index < -0.39 is 185 Å². The molecule has 582 valence electrons. The molecule has 107 heavy (non-hydrogen) atoms. The number of likely N-dealkylation sites (N-methyl/N-ethyl adjacent to an activating group) is 1. The smallest absolute Gasteiger partial charge is 0.419 e. The lowest BCUT2D eigenvalue weighted by atomic mass is 10.00. The van der Waals surface area contributed by atoms with Gasteiger partial charge in [0.25, 0.3) is 0 Å². The Kier molecular flexibility index (Phi) is 31.7. The van der Waals surface area contributed by atoms with Gasteiger partial charge in [-0.05, 0) is 124 Å². The standard InChI is InChI=1S/C77H107N13O17/c1-44(2)61(70(100)86-57(43-104-74(4,5)6)69(99)82-51(36-46-28-20-17-21-29-46)64(94)83-54(63(93)80-16)39-49-42-90(73(103)107-77(13,14)15)58-35-27-26-34-50(49)58)88-71(101)62(45(3)105-75(7,8)9)89-68(98)52(37-47-30-22-18-23-31-47)81-66(96)55(40-59(78)91)85-67(97)56(41-60(79)92)84-65(95)53(38-48-32-24-19-25-33-48)87-72(102)106-76(10,11)12/h17-35,42,44-45,51-57,61-62H,36-41,43H2,1-16H3,(H2,78,91)(H2,79,92)(H,80,93)(H,81,96)(H,82,99)(H,83,94)(H,84,95)(H,85,97)(H,86,100)(H,87,102)(H,88,101)(H,89,98)/t45-,51+,52+,53+,54?,55+,56+,57+,61+,62+/m1/s1. The highest BCUT2D eigenvalue weighted by Gasteiger charge is 2.40. The molecule has 1 aromatic heterocycles. The molecule has 0 saturated heterocycles. The lowest BCUT2D eigenvalue weighted by Gasteiger charge is -2.33. The third-order valence-electron chi connectivity index (χ3n) is 16.0. The first kappa shape index (κ1) is 86.9. The van der Waals surface area contributed by atoms with E-state index in [9.17, 15) is 52.7 Å². The zero-order valence-corrected chi connectivity index (χ0v) is 63.9. The maximum atomic E-state index is 15.1. The van der Waals surface area contributed by atoms with Crippen molar-refractivity contribution in [2.45, 2.75) is 225 Å². The molecule has 0 aliphatic rings. The molecule has 12 amide bonds. The van der Waals surface area contributed by atoms with Crippen molar-refractivity contribution in [1.82, 2.24) is 57.7 Å². The van der Waals surface area contributed by atoms with E-state index in [0.29, 0.717) is 33.2 Å². The van der Waals surface area contributed by atoms with Crippen LogP contribution in [0.5, 0.6) is 0 Å². The van der Waals surface area contributed by atoms with Gasteiger partial charge in [0.2, 0.25) is 65.0 Å². The van der Waals surface area contributed by atoms with Gasteiger partial charge in [0.15, 0.2) is 0 Å². The Morgan fingerprint density at radius 3 is 1.17 bits per heavy atom. The Morgan fingerprint density at radius 2 is 0.757 bits per heavy atom. The highest BCUT2D eigenvalue weighted by molar-refractivity contribution is 6.01. The van der Waals surface area contributed by atoms with E-state index >= 15 is 9.59 Å². The summed E-state index contributed by atoms with van der Waals surface area (Å²) in [6.45, 7) is 24.4. The highest BCUT2D eigenvalue weighted by atomic mass is 16.6. The lowest BCUT2D eigenvalue weighted by molar-refractivity contribution is -0.141. The fourth-order valence-electron chi connectivity index (χ4n) is 11.1. The number of aromatic nitrogens is 1. The number of benzene rings is 4. The molecule has 10 atom stereocenters. The highest BCUT2D eigenvalue weighted by Crippen LogP contribution is 2.25. The molecular formula is C77H107N13O17. The van der Waals surface area contributed by atoms with Crippen LogP contribution in [0.25, 0.3) is 10.9 Å². The lowest BCUT2D eigenvalue weighted by Crippen LogP contribution is -2.64. The molecule has 1 unspecified atom stereocenters. The zero-order valence-electron chi connectivity index (χ0n) is 63.9. The second-order valence-electron chi connectivity index (χ2n) is 30.4. The molecule has 0 radical (unpaired) electrons. The Balaban J connectivity index is 1.44. The van der Waals surface area contributed by atoms with E-state index in [4.69, 9.17) is 30.4 Å². The number of alkyl carbamates (subject to hydrolysis) is 1. The minimum Gasteiger partial charge on any atom is -0.444 e. The van der Waals surface area contributed by atoms with Crippen molar-refractivity contribution in [3.63, 3.8) is 0 Å². The van der Waals surface area contributed by atoms with Crippen molar-refractivity contribution in [1.29, 1.82) is 0 Å². The zero-order chi connectivity index (χ0) is 79.9. The molecule has 0 aliphatic heterocycles. The van der Waals surface area contributed by atoms with Gasteiger partial charge in [-0.25, -0.2) is 9.59 Å². The van der Waals surface area contributed by atoms with Gasteiger partial charge >= 0.3 is 12.2 Å². The number of ether oxygens (including phenoxy) is 4. The number of nitrogens with one attached hydrogen (secondary N) is 10. The molecule has 0 bridgehead atoms. The number of hydrogen-bond donors (Lipinski definition) is 12. The van der Waals surface area contributed by atoms with Gasteiger partial charge in [-0.15, -0.1) is 0 Å². The van der Waals surface area contributed by atoms with Gasteiger partial charge in [0.05, 0.1) is 42.3 Å². The molecule has 30 nitrogen and oxygen atoms in total. The Bertz CT molecular complexity index is 3920. The summed E-state index contributed by atoms with van der Waals surface area (Å²) in [5.41, 5.74) is 10.2. The average Bonchev–Trinajstić information content (AvgIpc) is 1.66. The number of nitrogens with two attached hydrogens (primary N) is 2. The summed E-state index contributed by atoms with van der Waals surface area (Å²) in [7, 11) is 1.39. The third kappa shape index (κ3) is 29.6. The summed E-state index contributed by atoms with van der Waals surface area (Å²) < 4.78 is 24.8. The van der Waals surface area contributed by atoms with Gasteiger partial charge in [-0.1, -0.05) is 123 Å². The first-order chi connectivity index (χ1) is 49.9. The van der Waals surface area contributed by atoms with E-state index in [2.05, 4.69) is 53.2 Å². The molecule has 0 spiro atoms. The quantitative estimate of drug-likeness (QED) is 0.0275. The second-order valence-corrected chi connectivity index (χ2v) is 30.4. The van der Waals surface area contributed by atoms with E-state index in [1.165, 1.54) is 18.5 Å². The van der Waals surface area contributed by atoms with Gasteiger partial charge in [0.1, 0.15) is 65.6 Å². The number of fused-ring (bicyclic) bond motifs is 1. The summed E-state index contributed by atoms with van der Waals surface area (Å²) in [6, 6.07) is 18.3. The Morgan fingerprint density at radius 1 is 0.393 bits per heavy atom. The fraction of sp³-hybridized carbons (Fsp3) is 0.494. The topological polar surface area (TPSA) is 436 Å². The summed E-state index contributed by atoms with van der Waals surface area (Å²) in [5.74, 6) is -11.5. The van der Waals surface area contributed by atoms with E-state index in [-0.39, 0.29) is 25.7 Å². The minimum absolute atomic E-state index is 0.111. The number of nitrogens with zero attached hydrogens (tertiary/aromatic N) is 1. The maximum Gasteiger partial charge on any atom is 0.419 e. The molecule has 30 heteroatoms.